The molecule has 0 bridgehead atoms. The first-order valence-corrected chi connectivity index (χ1v) is 11.2. The first-order valence-electron chi connectivity index (χ1n) is 11.2. The molecular formula is C26H29N7O. The van der Waals surface area contributed by atoms with E-state index in [1.807, 2.05) is 38.2 Å². The van der Waals surface area contributed by atoms with Gasteiger partial charge in [-0.25, -0.2) is 4.98 Å². The van der Waals surface area contributed by atoms with Crippen LogP contribution in [0.15, 0.2) is 59.7 Å². The number of nitrogens with two attached hydrogens (primary N) is 1. The van der Waals surface area contributed by atoms with Crippen LogP contribution in [0.25, 0.3) is 5.57 Å². The van der Waals surface area contributed by atoms with E-state index in [9.17, 15) is 4.79 Å². The Labute approximate surface area is 199 Å². The van der Waals surface area contributed by atoms with Crippen molar-refractivity contribution in [1.29, 1.82) is 0 Å². The molecule has 0 saturated heterocycles. The predicted molar refractivity (Wildman–Crippen MR) is 135 cm³/mol. The Morgan fingerprint density at radius 2 is 2.06 bits per heavy atom. The molecule has 8 heteroatoms. The first-order chi connectivity index (χ1) is 16.5. The van der Waals surface area contributed by atoms with Gasteiger partial charge in [-0.3, -0.25) is 19.8 Å². The van der Waals surface area contributed by atoms with Gasteiger partial charge in [-0.15, -0.1) is 0 Å². The number of rotatable bonds is 6. The van der Waals surface area contributed by atoms with Crippen molar-refractivity contribution in [1.82, 2.24) is 20.3 Å². The van der Waals surface area contributed by atoms with Gasteiger partial charge in [0.25, 0.3) is 5.91 Å². The fourth-order valence-corrected chi connectivity index (χ4v) is 4.10. The summed E-state index contributed by atoms with van der Waals surface area (Å²) in [4.78, 5) is 32.4. The molecule has 3 aromatic heterocycles. The molecular weight excluding hydrogens is 426 g/mol. The van der Waals surface area contributed by atoms with Gasteiger partial charge in [0.05, 0.1) is 5.56 Å². The second kappa shape index (κ2) is 10.2. The Morgan fingerprint density at radius 1 is 1.24 bits per heavy atom. The van der Waals surface area contributed by atoms with Gasteiger partial charge in [0.1, 0.15) is 5.82 Å². The Morgan fingerprint density at radius 3 is 2.76 bits per heavy atom. The number of aliphatic imine (C=N–C) groups is 1. The zero-order valence-corrected chi connectivity index (χ0v) is 19.7. The van der Waals surface area contributed by atoms with E-state index in [4.69, 9.17) is 5.73 Å². The van der Waals surface area contributed by atoms with Crippen molar-refractivity contribution in [2.45, 2.75) is 33.4 Å². The van der Waals surface area contributed by atoms with Crippen molar-refractivity contribution in [3.05, 3.63) is 88.3 Å². The molecule has 3 aromatic rings. The molecule has 0 atom stereocenters. The predicted octanol–water partition coefficient (Wildman–Crippen LogP) is 3.06. The van der Waals surface area contributed by atoms with E-state index < -0.39 is 0 Å². The lowest BCUT2D eigenvalue weighted by Gasteiger charge is -2.30. The highest BCUT2D eigenvalue weighted by molar-refractivity contribution is 6.10. The van der Waals surface area contributed by atoms with E-state index in [-0.39, 0.29) is 5.91 Å². The molecule has 1 aliphatic rings. The summed E-state index contributed by atoms with van der Waals surface area (Å²) >= 11 is 0. The van der Waals surface area contributed by atoms with Gasteiger partial charge >= 0.3 is 0 Å². The topological polar surface area (TPSA) is 109 Å². The summed E-state index contributed by atoms with van der Waals surface area (Å²) in [5.41, 5.74) is 13.3. The van der Waals surface area contributed by atoms with Crippen molar-refractivity contribution >= 4 is 23.5 Å². The van der Waals surface area contributed by atoms with E-state index in [1.165, 1.54) is 0 Å². The maximum absolute atomic E-state index is 12.6. The van der Waals surface area contributed by atoms with Crippen LogP contribution in [0.1, 0.15) is 45.2 Å². The van der Waals surface area contributed by atoms with Crippen molar-refractivity contribution < 1.29 is 4.79 Å². The van der Waals surface area contributed by atoms with Crippen LogP contribution in [0.5, 0.6) is 0 Å². The molecule has 0 unspecified atom stereocenters. The van der Waals surface area contributed by atoms with Gasteiger partial charge in [-0.2, -0.15) is 0 Å². The lowest BCUT2D eigenvalue weighted by Crippen LogP contribution is -2.32. The molecule has 8 nitrogen and oxygen atoms in total. The van der Waals surface area contributed by atoms with Crippen molar-refractivity contribution in [2.75, 3.05) is 18.5 Å². The number of nitrogens with zero attached hydrogens (tertiary/aromatic N) is 5. The van der Waals surface area contributed by atoms with Crippen LogP contribution in [0.3, 0.4) is 0 Å². The molecule has 0 aliphatic carbocycles. The molecule has 4 rings (SSSR count). The highest BCUT2D eigenvalue weighted by Gasteiger charge is 2.21. The number of aromatic nitrogens is 3. The maximum atomic E-state index is 12.6. The second-order valence-electron chi connectivity index (χ2n) is 8.39. The fraction of sp³-hybridized carbons (Fsp3) is 0.269. The number of hydrogen-bond donors (Lipinski definition) is 2. The SMILES string of the molecule is CN=C/C(=C(/C)N)c1cnc2c(c1)CN(c1ncc(C(=O)NCc3cccnc3)cc1C)CC2. The number of fused-ring (bicyclic) bond motifs is 1. The molecule has 4 heterocycles. The van der Waals surface area contributed by atoms with Gasteiger partial charge in [-0.1, -0.05) is 6.07 Å². The standard InChI is InChI=1S/C26H29N7O/c1-17-9-21(26(34)32-12-19-5-4-7-29-11-19)14-31-25(17)33-8-6-24-22(16-33)10-20(13-30-24)23(15-28-3)18(2)27/h4-5,7,9-11,13-15H,6,8,12,16,27H2,1-3H3,(H,32,34)/b23-18+,28-15?. The zero-order valence-electron chi connectivity index (χ0n) is 19.7. The summed E-state index contributed by atoms with van der Waals surface area (Å²) < 4.78 is 0. The number of pyridine rings is 3. The molecule has 0 saturated carbocycles. The van der Waals surface area contributed by atoms with E-state index in [2.05, 4.69) is 36.2 Å². The fourth-order valence-electron chi connectivity index (χ4n) is 4.10. The smallest absolute Gasteiger partial charge is 0.253 e. The van der Waals surface area contributed by atoms with Crippen LogP contribution in [0.4, 0.5) is 5.82 Å². The zero-order chi connectivity index (χ0) is 24.1. The summed E-state index contributed by atoms with van der Waals surface area (Å²) in [7, 11) is 1.73. The van der Waals surface area contributed by atoms with Crippen LogP contribution < -0.4 is 16.0 Å². The average molecular weight is 456 g/mol. The summed E-state index contributed by atoms with van der Waals surface area (Å²) in [5.74, 6) is 0.721. The minimum absolute atomic E-state index is 0.155. The lowest BCUT2D eigenvalue weighted by atomic mass is 9.99. The normalized spacial score (nSPS) is 14.0. The van der Waals surface area contributed by atoms with E-state index in [1.54, 1.807) is 31.9 Å². The van der Waals surface area contributed by atoms with E-state index >= 15 is 0 Å². The van der Waals surface area contributed by atoms with Gasteiger partial charge in [-0.05, 0) is 48.7 Å². The van der Waals surface area contributed by atoms with Crippen LogP contribution in [0, 0.1) is 6.92 Å². The van der Waals surface area contributed by atoms with E-state index in [0.29, 0.717) is 24.4 Å². The van der Waals surface area contributed by atoms with Crippen molar-refractivity contribution in [3.63, 3.8) is 0 Å². The largest absolute Gasteiger partial charge is 0.402 e. The molecule has 0 radical (unpaired) electrons. The first kappa shape index (κ1) is 23.1. The van der Waals surface area contributed by atoms with Crippen LogP contribution in [0.2, 0.25) is 0 Å². The van der Waals surface area contributed by atoms with Crippen LogP contribution >= 0.6 is 0 Å². The molecule has 0 aromatic carbocycles. The number of allylic oxidation sites excluding steroid dienone is 2. The number of carbonyl (C=O) groups is 1. The van der Waals surface area contributed by atoms with Gasteiger partial charge in [0, 0.05) is 86.6 Å². The third kappa shape index (κ3) is 5.11. The summed E-state index contributed by atoms with van der Waals surface area (Å²) in [6, 6.07) is 7.80. The maximum Gasteiger partial charge on any atom is 0.253 e. The van der Waals surface area contributed by atoms with Gasteiger partial charge in [0.2, 0.25) is 0 Å². The number of nitrogens with one attached hydrogen (secondary N) is 1. The summed E-state index contributed by atoms with van der Waals surface area (Å²) in [6.07, 6.45) is 9.55. The lowest BCUT2D eigenvalue weighted by molar-refractivity contribution is 0.0950. The minimum atomic E-state index is -0.155. The number of hydrogen-bond acceptors (Lipinski definition) is 7. The highest BCUT2D eigenvalue weighted by atomic mass is 16.1. The van der Waals surface area contributed by atoms with Crippen molar-refractivity contribution in [3.8, 4) is 0 Å². The van der Waals surface area contributed by atoms with Crippen LogP contribution in [-0.2, 0) is 19.5 Å². The second-order valence-corrected chi connectivity index (χ2v) is 8.39. The van der Waals surface area contributed by atoms with Crippen molar-refractivity contribution in [2.24, 2.45) is 10.7 Å². The Bertz CT molecular complexity index is 1250. The third-order valence-electron chi connectivity index (χ3n) is 5.82. The number of amides is 1. The molecule has 174 valence electrons. The van der Waals surface area contributed by atoms with Gasteiger partial charge in [0.15, 0.2) is 0 Å². The Kier molecular flexibility index (Phi) is 6.96. The number of carbonyl (C=O) groups excluding carboxylic acids is 1. The molecule has 3 N–H and O–H groups in total. The molecule has 1 amide bonds. The third-order valence-corrected chi connectivity index (χ3v) is 5.82. The summed E-state index contributed by atoms with van der Waals surface area (Å²) in [5, 5.41) is 2.92. The molecule has 0 fully saturated rings. The van der Waals surface area contributed by atoms with Crippen LogP contribution in [-0.4, -0.2) is 40.7 Å². The number of anilines is 1. The van der Waals surface area contributed by atoms with E-state index in [0.717, 1.165) is 52.3 Å². The summed E-state index contributed by atoms with van der Waals surface area (Å²) in [6.45, 7) is 5.78. The monoisotopic (exact) mass is 455 g/mol. The van der Waals surface area contributed by atoms with Gasteiger partial charge < -0.3 is 16.0 Å². The Balaban J connectivity index is 1.50. The molecule has 1 aliphatic heterocycles. The number of aryl methyl sites for hydroxylation is 1. The highest BCUT2D eigenvalue weighted by Crippen LogP contribution is 2.27. The average Bonchev–Trinajstić information content (AvgIpc) is 2.85. The quantitative estimate of drug-likeness (QED) is 0.553. The molecule has 0 spiro atoms. The molecule has 34 heavy (non-hydrogen) atoms. The minimum Gasteiger partial charge on any atom is -0.402 e. The Hall–Kier alpha value is -4.07.